The van der Waals surface area contributed by atoms with Crippen molar-refractivity contribution < 1.29 is 9.47 Å². The van der Waals surface area contributed by atoms with E-state index in [0.717, 1.165) is 17.9 Å². The highest BCUT2D eigenvalue weighted by Crippen LogP contribution is 2.33. The van der Waals surface area contributed by atoms with Gasteiger partial charge in [0.25, 0.3) is 0 Å². The molecule has 1 aromatic rings. The minimum absolute atomic E-state index is 0. The van der Waals surface area contributed by atoms with Crippen molar-refractivity contribution in [1.29, 1.82) is 0 Å². The van der Waals surface area contributed by atoms with E-state index in [4.69, 9.17) is 15.2 Å². The summed E-state index contributed by atoms with van der Waals surface area (Å²) in [6.45, 7) is 3.77. The maximum absolute atomic E-state index is 6.05. The molecule has 0 aromatic heterocycles. The molecule has 1 fully saturated rings. The van der Waals surface area contributed by atoms with Crippen molar-refractivity contribution in [2.45, 2.75) is 52.0 Å². The van der Waals surface area contributed by atoms with Gasteiger partial charge in [-0.25, -0.2) is 4.99 Å². The van der Waals surface area contributed by atoms with Gasteiger partial charge in [-0.2, -0.15) is 0 Å². The number of halogens is 1. The third-order valence-electron chi connectivity index (χ3n) is 4.89. The minimum atomic E-state index is 0. The average Bonchev–Trinajstić information content (AvgIpc) is 2.83. The van der Waals surface area contributed by atoms with Crippen LogP contribution in [0.3, 0.4) is 0 Å². The number of nitrogens with one attached hydrogen (secondary N) is 1. The molecule has 1 aliphatic rings. The quantitative estimate of drug-likeness (QED) is 0.290. The number of hydrogen-bond donors (Lipinski definition) is 2. The zero-order chi connectivity index (χ0) is 17.4. The van der Waals surface area contributed by atoms with Gasteiger partial charge in [0.15, 0.2) is 17.5 Å². The van der Waals surface area contributed by atoms with Crippen molar-refractivity contribution in [1.82, 2.24) is 5.32 Å². The summed E-state index contributed by atoms with van der Waals surface area (Å²) >= 11 is 0. The number of benzene rings is 1. The molecule has 6 heteroatoms. The van der Waals surface area contributed by atoms with E-state index in [0.29, 0.717) is 23.7 Å². The molecule has 0 amide bonds. The molecule has 0 heterocycles. The molecule has 2 rings (SSSR count). The summed E-state index contributed by atoms with van der Waals surface area (Å²) < 4.78 is 10.6. The second kappa shape index (κ2) is 10.7. The first-order valence-electron chi connectivity index (χ1n) is 8.81. The Hall–Kier alpha value is -1.18. The van der Waals surface area contributed by atoms with E-state index < -0.39 is 0 Å². The maximum atomic E-state index is 6.05. The number of ether oxygens (including phenoxy) is 2. The lowest BCUT2D eigenvalue weighted by molar-refractivity contribution is 0.277. The maximum Gasteiger partial charge on any atom is 0.188 e. The zero-order valence-electron chi connectivity index (χ0n) is 15.6. The summed E-state index contributed by atoms with van der Waals surface area (Å²) in [6.07, 6.45) is 7.89. The Balaban J connectivity index is 0.00000312. The number of aliphatic imine (C=N–C) groups is 1. The number of nitrogens with two attached hydrogens (primary N) is 1. The second-order valence-electron chi connectivity index (χ2n) is 6.97. The van der Waals surface area contributed by atoms with Crippen LogP contribution in [0.5, 0.6) is 11.5 Å². The van der Waals surface area contributed by atoms with Crippen LogP contribution in [0, 0.1) is 5.41 Å². The van der Waals surface area contributed by atoms with E-state index in [1.807, 2.05) is 18.2 Å². The molecule has 0 bridgehead atoms. The van der Waals surface area contributed by atoms with Gasteiger partial charge < -0.3 is 20.5 Å². The smallest absolute Gasteiger partial charge is 0.188 e. The molecule has 3 N–H and O–H groups in total. The molecule has 0 spiro atoms. The van der Waals surface area contributed by atoms with E-state index in [1.54, 1.807) is 14.2 Å². The summed E-state index contributed by atoms with van der Waals surface area (Å²) in [7, 11) is 3.26. The molecule has 142 valence electrons. The first-order chi connectivity index (χ1) is 11.6. The number of methoxy groups -OCH3 is 2. The molecular formula is C19H32IN3O2. The molecule has 5 nitrogen and oxygen atoms in total. The lowest BCUT2D eigenvalue weighted by atomic mass is 9.82. The highest BCUT2D eigenvalue weighted by molar-refractivity contribution is 14.0. The first-order valence-corrected chi connectivity index (χ1v) is 8.81. The highest BCUT2D eigenvalue weighted by atomic mass is 127. The monoisotopic (exact) mass is 461 g/mol. The average molecular weight is 461 g/mol. The Kier molecular flexibility index (Phi) is 9.38. The number of hydrogen-bond acceptors (Lipinski definition) is 3. The summed E-state index contributed by atoms with van der Waals surface area (Å²) in [4.78, 5) is 4.45. The van der Waals surface area contributed by atoms with Crippen LogP contribution in [0.15, 0.2) is 23.2 Å². The van der Waals surface area contributed by atoms with Crippen LogP contribution < -0.4 is 20.5 Å². The Labute approximate surface area is 168 Å². The van der Waals surface area contributed by atoms with Crippen LogP contribution in [0.1, 0.15) is 51.0 Å². The summed E-state index contributed by atoms with van der Waals surface area (Å²) in [5.74, 6) is 1.94. The Morgan fingerprint density at radius 1 is 1.12 bits per heavy atom. The molecule has 0 aliphatic heterocycles. The molecular weight excluding hydrogens is 429 g/mol. The Morgan fingerprint density at radius 3 is 2.36 bits per heavy atom. The predicted octanol–water partition coefficient (Wildman–Crippen LogP) is 4.09. The normalized spacial score (nSPS) is 17.2. The van der Waals surface area contributed by atoms with E-state index in [-0.39, 0.29) is 24.0 Å². The van der Waals surface area contributed by atoms with Crippen molar-refractivity contribution in [3.63, 3.8) is 0 Å². The van der Waals surface area contributed by atoms with E-state index >= 15 is 0 Å². The van der Waals surface area contributed by atoms with Crippen LogP contribution >= 0.6 is 24.0 Å². The van der Waals surface area contributed by atoms with Gasteiger partial charge in [-0.3, -0.25) is 0 Å². The fourth-order valence-electron chi connectivity index (χ4n) is 3.27. The van der Waals surface area contributed by atoms with Crippen LogP contribution in [0.4, 0.5) is 0 Å². The van der Waals surface area contributed by atoms with Crippen LogP contribution in [0.25, 0.3) is 0 Å². The summed E-state index contributed by atoms with van der Waals surface area (Å²) in [5, 5.41) is 3.31. The van der Waals surface area contributed by atoms with Crippen molar-refractivity contribution >= 4 is 29.9 Å². The van der Waals surface area contributed by atoms with Gasteiger partial charge in [-0.1, -0.05) is 38.7 Å². The van der Waals surface area contributed by atoms with E-state index in [1.165, 1.54) is 38.5 Å². The summed E-state index contributed by atoms with van der Waals surface area (Å²) in [5.41, 5.74) is 7.42. The molecule has 0 saturated heterocycles. The lowest BCUT2D eigenvalue weighted by Gasteiger charge is -2.28. The standard InChI is InChI=1S/C19H31N3O2.HI/c1-19(10-6-4-5-7-11-19)14-22-18(20)21-13-15-8-9-16(23-2)17(12-15)24-3;/h8-9,12H,4-7,10-11,13-14H2,1-3H3,(H3,20,21,22);1H. The van der Waals surface area contributed by atoms with Gasteiger partial charge in [0.2, 0.25) is 0 Å². The van der Waals surface area contributed by atoms with Gasteiger partial charge in [0.1, 0.15) is 0 Å². The molecule has 0 unspecified atom stereocenters. The third kappa shape index (κ3) is 6.92. The van der Waals surface area contributed by atoms with Gasteiger partial charge >= 0.3 is 0 Å². The van der Waals surface area contributed by atoms with Crippen molar-refractivity contribution in [2.75, 3.05) is 20.8 Å². The molecule has 0 radical (unpaired) electrons. The number of nitrogens with zero attached hydrogens (tertiary/aromatic N) is 1. The van der Waals surface area contributed by atoms with Crippen molar-refractivity contribution in [3.05, 3.63) is 23.8 Å². The van der Waals surface area contributed by atoms with Crippen LogP contribution in [-0.2, 0) is 6.54 Å². The fraction of sp³-hybridized carbons (Fsp3) is 0.632. The largest absolute Gasteiger partial charge is 0.493 e. The van der Waals surface area contributed by atoms with Gasteiger partial charge in [-0.15, -0.1) is 24.0 Å². The number of rotatable bonds is 6. The first kappa shape index (κ1) is 21.9. The lowest BCUT2D eigenvalue weighted by Crippen LogP contribution is -2.39. The van der Waals surface area contributed by atoms with Gasteiger partial charge in [0, 0.05) is 6.54 Å². The zero-order valence-corrected chi connectivity index (χ0v) is 18.0. The predicted molar refractivity (Wildman–Crippen MR) is 114 cm³/mol. The third-order valence-corrected chi connectivity index (χ3v) is 4.89. The fourth-order valence-corrected chi connectivity index (χ4v) is 3.27. The van der Waals surface area contributed by atoms with E-state index in [2.05, 4.69) is 17.2 Å². The van der Waals surface area contributed by atoms with Crippen molar-refractivity contribution in [2.24, 2.45) is 16.1 Å². The second-order valence-corrected chi connectivity index (χ2v) is 6.97. The molecule has 1 saturated carbocycles. The Morgan fingerprint density at radius 2 is 1.76 bits per heavy atom. The van der Waals surface area contributed by atoms with Crippen molar-refractivity contribution in [3.8, 4) is 11.5 Å². The highest BCUT2D eigenvalue weighted by Gasteiger charge is 2.25. The molecule has 1 aliphatic carbocycles. The van der Waals surface area contributed by atoms with Crippen LogP contribution in [0.2, 0.25) is 0 Å². The van der Waals surface area contributed by atoms with Gasteiger partial charge in [0.05, 0.1) is 20.8 Å². The Bertz CT molecular complexity index is 556. The number of guanidine groups is 1. The topological polar surface area (TPSA) is 68.9 Å². The summed E-state index contributed by atoms with van der Waals surface area (Å²) in [6, 6.07) is 5.80. The molecule has 1 aromatic carbocycles. The minimum Gasteiger partial charge on any atom is -0.493 e. The van der Waals surface area contributed by atoms with E-state index in [9.17, 15) is 0 Å². The molecule has 0 atom stereocenters. The SMILES string of the molecule is COc1ccc(CN=C(N)NCC2(C)CCCCCC2)cc1OC.I. The van der Waals surface area contributed by atoms with Crippen LogP contribution in [-0.4, -0.2) is 26.7 Å². The van der Waals surface area contributed by atoms with Gasteiger partial charge in [-0.05, 0) is 36.0 Å². The molecule has 25 heavy (non-hydrogen) atoms.